The third kappa shape index (κ3) is 4.24. The van der Waals surface area contributed by atoms with E-state index in [4.69, 9.17) is 9.84 Å². The molecule has 2 aliphatic rings. The number of benzene rings is 3. The molecule has 0 saturated carbocycles. The van der Waals surface area contributed by atoms with Crippen molar-refractivity contribution < 1.29 is 24.2 Å². The van der Waals surface area contributed by atoms with Crippen molar-refractivity contribution in [3.05, 3.63) is 89.5 Å². The molecule has 0 aromatic heterocycles. The van der Waals surface area contributed by atoms with Gasteiger partial charge in [0.2, 0.25) is 5.91 Å². The van der Waals surface area contributed by atoms with E-state index in [1.54, 1.807) is 29.2 Å². The van der Waals surface area contributed by atoms with E-state index in [1.807, 2.05) is 24.3 Å². The summed E-state index contributed by atoms with van der Waals surface area (Å²) < 4.78 is 5.56. The number of amides is 2. The highest BCUT2D eigenvalue weighted by molar-refractivity contribution is 5.86. The Labute approximate surface area is 197 Å². The minimum absolute atomic E-state index is 0.00577. The number of fused-ring (bicyclic) bond motifs is 3. The summed E-state index contributed by atoms with van der Waals surface area (Å²) in [7, 11) is 0. The first-order chi connectivity index (χ1) is 16.5. The molecule has 3 aromatic rings. The van der Waals surface area contributed by atoms with Gasteiger partial charge >= 0.3 is 12.1 Å². The van der Waals surface area contributed by atoms with Crippen molar-refractivity contribution in [3.63, 3.8) is 0 Å². The highest BCUT2D eigenvalue weighted by Crippen LogP contribution is 2.44. The minimum atomic E-state index is -0.868. The number of anilines is 1. The van der Waals surface area contributed by atoms with Gasteiger partial charge in [-0.3, -0.25) is 14.9 Å². The summed E-state index contributed by atoms with van der Waals surface area (Å²) in [5.74, 6) is -1.44. The van der Waals surface area contributed by atoms with Crippen LogP contribution in [0, 0.1) is 5.92 Å². The molecule has 2 N–H and O–H groups in total. The third-order valence-electron chi connectivity index (χ3n) is 6.48. The van der Waals surface area contributed by atoms with Crippen molar-refractivity contribution in [1.82, 2.24) is 4.90 Å². The van der Waals surface area contributed by atoms with E-state index in [2.05, 4.69) is 29.6 Å². The SMILES string of the molecule is O=C(Nc1ccc(CC(=O)N2CC(C(=O)O)C2)cc1)OCC1c2ccccc2-c2ccccc21. The van der Waals surface area contributed by atoms with Gasteiger partial charge in [0.1, 0.15) is 6.61 Å². The van der Waals surface area contributed by atoms with Crippen molar-refractivity contribution in [2.75, 3.05) is 25.0 Å². The maximum atomic E-state index is 12.4. The number of ether oxygens (including phenoxy) is 1. The molecule has 0 bridgehead atoms. The Morgan fingerprint density at radius 2 is 1.47 bits per heavy atom. The molecule has 3 aromatic carbocycles. The monoisotopic (exact) mass is 456 g/mol. The zero-order chi connectivity index (χ0) is 23.7. The fourth-order valence-corrected chi connectivity index (χ4v) is 4.58. The number of carboxylic acids is 1. The molecule has 1 saturated heterocycles. The maximum absolute atomic E-state index is 12.4. The first-order valence-corrected chi connectivity index (χ1v) is 11.2. The Hall–Kier alpha value is -4.13. The van der Waals surface area contributed by atoms with E-state index in [0.29, 0.717) is 5.69 Å². The number of hydrogen-bond acceptors (Lipinski definition) is 4. The number of nitrogens with one attached hydrogen (secondary N) is 1. The van der Waals surface area contributed by atoms with Crippen molar-refractivity contribution >= 4 is 23.7 Å². The molecule has 0 unspecified atom stereocenters. The van der Waals surface area contributed by atoms with Crippen LogP contribution in [0.4, 0.5) is 10.5 Å². The van der Waals surface area contributed by atoms with Crippen LogP contribution < -0.4 is 5.32 Å². The molecule has 2 amide bonds. The van der Waals surface area contributed by atoms with Gasteiger partial charge in [-0.2, -0.15) is 0 Å². The summed E-state index contributed by atoms with van der Waals surface area (Å²) >= 11 is 0. The van der Waals surface area contributed by atoms with Crippen LogP contribution in [0.25, 0.3) is 11.1 Å². The lowest BCUT2D eigenvalue weighted by Gasteiger charge is -2.36. The standard InChI is InChI=1S/C27H24N2O5/c30-25(29-14-18(15-29)26(31)32)13-17-9-11-19(12-10-17)28-27(33)34-16-24-22-7-3-1-5-20(22)21-6-2-4-8-23(21)24/h1-12,18,24H,13-16H2,(H,28,33)(H,31,32). The van der Waals surface area contributed by atoms with E-state index in [0.717, 1.165) is 16.7 Å². The zero-order valence-electron chi connectivity index (χ0n) is 18.4. The molecule has 7 heteroatoms. The summed E-state index contributed by atoms with van der Waals surface area (Å²) in [5, 5.41) is 11.7. The number of likely N-dealkylation sites (tertiary alicyclic amines) is 1. The van der Waals surface area contributed by atoms with E-state index >= 15 is 0 Å². The first kappa shape index (κ1) is 21.7. The second-order valence-electron chi connectivity index (χ2n) is 8.66. The van der Waals surface area contributed by atoms with Crippen LogP contribution >= 0.6 is 0 Å². The Kier molecular flexibility index (Phi) is 5.76. The summed E-state index contributed by atoms with van der Waals surface area (Å²) in [4.78, 5) is 37.1. The number of aliphatic carboxylic acids is 1. The van der Waals surface area contributed by atoms with Crippen LogP contribution in [0.15, 0.2) is 72.8 Å². The van der Waals surface area contributed by atoms with Crippen LogP contribution in [-0.4, -0.2) is 47.7 Å². The van der Waals surface area contributed by atoms with Crippen LogP contribution in [-0.2, 0) is 20.7 Å². The van der Waals surface area contributed by atoms with E-state index in [1.165, 1.54) is 11.1 Å². The quantitative estimate of drug-likeness (QED) is 0.581. The number of nitrogens with zero attached hydrogens (tertiary/aromatic N) is 1. The number of rotatable bonds is 6. The summed E-state index contributed by atoms with van der Waals surface area (Å²) in [6.07, 6.45) is -0.344. The van der Waals surface area contributed by atoms with Crippen molar-refractivity contribution in [1.29, 1.82) is 0 Å². The Balaban J connectivity index is 1.15. The fourth-order valence-electron chi connectivity index (χ4n) is 4.58. The summed E-state index contributed by atoms with van der Waals surface area (Å²) in [6, 6.07) is 23.3. The average molecular weight is 456 g/mol. The Morgan fingerprint density at radius 1 is 0.882 bits per heavy atom. The van der Waals surface area contributed by atoms with E-state index in [9.17, 15) is 14.4 Å². The van der Waals surface area contributed by atoms with Gasteiger partial charge in [-0.15, -0.1) is 0 Å². The van der Waals surface area contributed by atoms with Gasteiger partial charge in [0, 0.05) is 24.7 Å². The fraction of sp³-hybridized carbons (Fsp3) is 0.222. The number of carboxylic acid groups (broad SMARTS) is 1. The molecular weight excluding hydrogens is 432 g/mol. The highest BCUT2D eigenvalue weighted by atomic mass is 16.5. The number of carbonyl (C=O) groups is 3. The van der Waals surface area contributed by atoms with Crippen LogP contribution in [0.3, 0.4) is 0 Å². The van der Waals surface area contributed by atoms with E-state index in [-0.39, 0.29) is 37.9 Å². The highest BCUT2D eigenvalue weighted by Gasteiger charge is 2.35. The molecule has 0 radical (unpaired) electrons. The molecule has 1 fully saturated rings. The third-order valence-corrected chi connectivity index (χ3v) is 6.48. The molecule has 34 heavy (non-hydrogen) atoms. The van der Waals surface area contributed by atoms with Gasteiger partial charge in [-0.05, 0) is 39.9 Å². The molecule has 7 nitrogen and oxygen atoms in total. The topological polar surface area (TPSA) is 95.9 Å². The van der Waals surface area contributed by atoms with E-state index < -0.39 is 18.0 Å². The van der Waals surface area contributed by atoms with Crippen LogP contribution in [0.1, 0.15) is 22.6 Å². The minimum Gasteiger partial charge on any atom is -0.481 e. The second kappa shape index (κ2) is 9.02. The predicted molar refractivity (Wildman–Crippen MR) is 127 cm³/mol. The van der Waals surface area contributed by atoms with Crippen molar-refractivity contribution in [2.24, 2.45) is 5.92 Å². The molecule has 1 aliphatic carbocycles. The number of carbonyl (C=O) groups excluding carboxylic acids is 2. The van der Waals surface area contributed by atoms with Crippen molar-refractivity contribution in [2.45, 2.75) is 12.3 Å². The molecule has 0 spiro atoms. The normalized spacial score (nSPS) is 14.6. The van der Waals surface area contributed by atoms with Gasteiger partial charge in [0.05, 0.1) is 12.3 Å². The molecule has 1 aliphatic heterocycles. The molecular formula is C27H24N2O5. The van der Waals surface area contributed by atoms with Gasteiger partial charge in [-0.25, -0.2) is 4.79 Å². The van der Waals surface area contributed by atoms with Gasteiger partial charge in [0.15, 0.2) is 0 Å². The Morgan fingerprint density at radius 3 is 2.06 bits per heavy atom. The Bertz CT molecular complexity index is 1200. The molecule has 172 valence electrons. The predicted octanol–water partition coefficient (Wildman–Crippen LogP) is 4.13. The van der Waals surface area contributed by atoms with Crippen LogP contribution in [0.5, 0.6) is 0 Å². The molecule has 1 heterocycles. The summed E-state index contributed by atoms with van der Waals surface area (Å²) in [6.45, 7) is 0.755. The molecule has 5 rings (SSSR count). The lowest BCUT2D eigenvalue weighted by molar-refractivity contribution is -0.152. The maximum Gasteiger partial charge on any atom is 0.411 e. The van der Waals surface area contributed by atoms with Gasteiger partial charge in [-0.1, -0.05) is 60.7 Å². The first-order valence-electron chi connectivity index (χ1n) is 11.2. The summed E-state index contributed by atoms with van der Waals surface area (Å²) in [5.41, 5.74) is 6.03. The van der Waals surface area contributed by atoms with Gasteiger partial charge < -0.3 is 14.7 Å². The molecule has 0 atom stereocenters. The zero-order valence-corrected chi connectivity index (χ0v) is 18.4. The largest absolute Gasteiger partial charge is 0.481 e. The van der Waals surface area contributed by atoms with Crippen molar-refractivity contribution in [3.8, 4) is 11.1 Å². The second-order valence-corrected chi connectivity index (χ2v) is 8.66. The smallest absolute Gasteiger partial charge is 0.411 e. The lowest BCUT2D eigenvalue weighted by atomic mass is 9.98. The lowest BCUT2D eigenvalue weighted by Crippen LogP contribution is -2.53. The van der Waals surface area contributed by atoms with Crippen LogP contribution in [0.2, 0.25) is 0 Å². The van der Waals surface area contributed by atoms with Gasteiger partial charge in [0.25, 0.3) is 0 Å². The number of hydrogen-bond donors (Lipinski definition) is 2. The average Bonchev–Trinajstić information content (AvgIpc) is 3.11.